The highest BCUT2D eigenvalue weighted by atomic mass is 79.9. The molecule has 0 amide bonds. The number of benzene rings is 9. The molecule has 1 spiro atoms. The minimum Gasteiger partial charge on any atom is -0.457 e. The van der Waals surface area contributed by atoms with E-state index >= 15 is 0 Å². The summed E-state index contributed by atoms with van der Waals surface area (Å²) in [6.07, 6.45) is 0. The molecule has 0 N–H and O–H groups in total. The molecular formula is C55H36BrNO. The van der Waals surface area contributed by atoms with E-state index in [4.69, 9.17) is 4.74 Å². The van der Waals surface area contributed by atoms with Gasteiger partial charge in [0.1, 0.15) is 11.5 Å². The molecule has 0 aromatic heterocycles. The second-order valence-electron chi connectivity index (χ2n) is 15.0. The van der Waals surface area contributed by atoms with E-state index < -0.39 is 5.41 Å². The van der Waals surface area contributed by atoms with Crippen LogP contribution in [0.15, 0.2) is 223 Å². The number of fused-ring (bicyclic) bond motifs is 9. The lowest BCUT2D eigenvalue weighted by atomic mass is 9.65. The summed E-state index contributed by atoms with van der Waals surface area (Å²) >= 11 is 3.66. The molecule has 0 saturated heterocycles. The van der Waals surface area contributed by atoms with Gasteiger partial charge in [0.2, 0.25) is 0 Å². The molecule has 0 bridgehead atoms. The molecule has 1 aliphatic carbocycles. The van der Waals surface area contributed by atoms with Crippen molar-refractivity contribution in [2.45, 2.75) is 5.41 Å². The first-order valence-electron chi connectivity index (χ1n) is 19.7. The maximum absolute atomic E-state index is 6.91. The van der Waals surface area contributed by atoms with Crippen molar-refractivity contribution < 1.29 is 4.74 Å². The number of anilines is 3. The molecule has 0 saturated carbocycles. The first-order chi connectivity index (χ1) is 28.7. The van der Waals surface area contributed by atoms with Crippen molar-refractivity contribution in [2.75, 3.05) is 4.90 Å². The Hall–Kier alpha value is -6.94. The average molecular weight is 807 g/mol. The van der Waals surface area contributed by atoms with E-state index in [2.05, 4.69) is 239 Å². The molecule has 2 aliphatic rings. The van der Waals surface area contributed by atoms with Gasteiger partial charge in [0.05, 0.1) is 11.1 Å². The summed E-state index contributed by atoms with van der Waals surface area (Å²) in [4.78, 5) is 2.42. The predicted molar refractivity (Wildman–Crippen MR) is 243 cm³/mol. The predicted octanol–water partition coefficient (Wildman–Crippen LogP) is 15.4. The Morgan fingerprint density at radius 3 is 1.69 bits per heavy atom. The maximum Gasteiger partial charge on any atom is 0.132 e. The number of rotatable bonds is 6. The molecule has 9 aromatic rings. The van der Waals surface area contributed by atoms with Crippen LogP contribution in [0.1, 0.15) is 22.3 Å². The summed E-state index contributed by atoms with van der Waals surface area (Å²) < 4.78 is 7.96. The minimum atomic E-state index is -0.639. The van der Waals surface area contributed by atoms with Crippen LogP contribution in [0.4, 0.5) is 17.1 Å². The Balaban J connectivity index is 1.20. The van der Waals surface area contributed by atoms with E-state index in [1.54, 1.807) is 0 Å². The van der Waals surface area contributed by atoms with E-state index in [9.17, 15) is 0 Å². The Morgan fingerprint density at radius 1 is 0.345 bits per heavy atom. The molecule has 274 valence electrons. The standard InChI is InChI=1S/C55H36BrNO/c56-42-29-26-39(27-30-42)45-20-8-11-24-52(45)57(43-19-13-18-40(34-43)37-14-3-1-4-15-37)44-31-33-54-51(36-44)55(49-23-10-12-25-53(49)58-54)48-22-9-7-21-46(48)47-32-28-41(35-50(47)55)38-16-5-2-6-17-38/h1-36H. The maximum atomic E-state index is 6.91. The first kappa shape index (κ1) is 34.3. The number of halogens is 1. The SMILES string of the molecule is Brc1ccc(-c2ccccc2N(c2cccc(-c3ccccc3)c2)c2ccc3c(c2)C2(c4ccccc4O3)c3ccccc3-c3ccc(-c4ccccc4)cc32)cc1. The molecule has 1 heterocycles. The fourth-order valence-electron chi connectivity index (χ4n) is 9.26. The summed E-state index contributed by atoms with van der Waals surface area (Å²) in [6, 6.07) is 78.9. The van der Waals surface area contributed by atoms with Gasteiger partial charge in [-0.25, -0.2) is 0 Å². The van der Waals surface area contributed by atoms with E-state index in [0.717, 1.165) is 60.9 Å². The van der Waals surface area contributed by atoms with Crippen LogP contribution >= 0.6 is 15.9 Å². The van der Waals surface area contributed by atoms with Crippen LogP contribution < -0.4 is 9.64 Å². The van der Waals surface area contributed by atoms with E-state index in [1.807, 2.05) is 0 Å². The minimum absolute atomic E-state index is 0.639. The molecule has 1 atom stereocenters. The molecule has 1 aliphatic heterocycles. The van der Waals surface area contributed by atoms with E-state index in [1.165, 1.54) is 38.9 Å². The molecule has 9 aromatic carbocycles. The van der Waals surface area contributed by atoms with Crippen LogP contribution in [0, 0.1) is 0 Å². The van der Waals surface area contributed by atoms with Crippen LogP contribution in [0.3, 0.4) is 0 Å². The van der Waals surface area contributed by atoms with Crippen molar-refractivity contribution in [3.63, 3.8) is 0 Å². The fourth-order valence-corrected chi connectivity index (χ4v) is 9.53. The molecule has 0 fully saturated rings. The van der Waals surface area contributed by atoms with Gasteiger partial charge in [0, 0.05) is 32.5 Å². The van der Waals surface area contributed by atoms with Gasteiger partial charge in [0.25, 0.3) is 0 Å². The van der Waals surface area contributed by atoms with Crippen LogP contribution in [-0.4, -0.2) is 0 Å². The monoisotopic (exact) mass is 805 g/mol. The van der Waals surface area contributed by atoms with Crippen molar-refractivity contribution in [3.8, 4) is 56.0 Å². The summed E-state index contributed by atoms with van der Waals surface area (Å²) in [6.45, 7) is 0. The highest BCUT2D eigenvalue weighted by Crippen LogP contribution is 2.63. The number of hydrogen-bond donors (Lipinski definition) is 0. The summed E-state index contributed by atoms with van der Waals surface area (Å²) in [5, 5.41) is 0. The smallest absolute Gasteiger partial charge is 0.132 e. The van der Waals surface area contributed by atoms with Gasteiger partial charge in [0.15, 0.2) is 0 Å². The molecule has 0 radical (unpaired) electrons. The highest BCUT2D eigenvalue weighted by Gasteiger charge is 2.51. The fraction of sp³-hybridized carbons (Fsp3) is 0.0182. The topological polar surface area (TPSA) is 12.5 Å². The van der Waals surface area contributed by atoms with E-state index in [0.29, 0.717) is 0 Å². The third-order valence-electron chi connectivity index (χ3n) is 11.8. The van der Waals surface area contributed by atoms with Gasteiger partial charge in [-0.05, 0) is 111 Å². The lowest BCUT2D eigenvalue weighted by molar-refractivity contribution is 0.436. The number of nitrogens with zero attached hydrogens (tertiary/aromatic N) is 1. The number of ether oxygens (including phenoxy) is 1. The molecule has 11 rings (SSSR count). The zero-order valence-corrected chi connectivity index (χ0v) is 33.1. The summed E-state index contributed by atoms with van der Waals surface area (Å²) in [5.74, 6) is 1.73. The molecular weight excluding hydrogens is 771 g/mol. The number of para-hydroxylation sites is 2. The quantitative estimate of drug-likeness (QED) is 0.166. The molecule has 2 nitrogen and oxygen atoms in total. The van der Waals surface area contributed by atoms with Crippen LogP contribution in [0.25, 0.3) is 44.5 Å². The Morgan fingerprint density at radius 2 is 0.914 bits per heavy atom. The highest BCUT2D eigenvalue weighted by molar-refractivity contribution is 9.10. The molecule has 3 heteroatoms. The van der Waals surface area contributed by atoms with Gasteiger partial charge >= 0.3 is 0 Å². The second-order valence-corrected chi connectivity index (χ2v) is 15.9. The zero-order valence-electron chi connectivity index (χ0n) is 31.5. The van der Waals surface area contributed by atoms with Gasteiger partial charge in [-0.2, -0.15) is 0 Å². The number of hydrogen-bond acceptors (Lipinski definition) is 2. The third-order valence-corrected chi connectivity index (χ3v) is 12.3. The van der Waals surface area contributed by atoms with Crippen molar-refractivity contribution >= 4 is 33.0 Å². The van der Waals surface area contributed by atoms with Crippen molar-refractivity contribution in [2.24, 2.45) is 0 Å². The lowest BCUT2D eigenvalue weighted by Crippen LogP contribution is -2.32. The lowest BCUT2D eigenvalue weighted by Gasteiger charge is -2.40. The first-order valence-corrected chi connectivity index (χ1v) is 20.5. The Labute approximate surface area is 347 Å². The zero-order chi connectivity index (χ0) is 38.6. The van der Waals surface area contributed by atoms with Gasteiger partial charge < -0.3 is 9.64 Å². The molecule has 58 heavy (non-hydrogen) atoms. The van der Waals surface area contributed by atoms with Crippen molar-refractivity contribution in [1.82, 2.24) is 0 Å². The van der Waals surface area contributed by atoms with Gasteiger partial charge in [-0.3, -0.25) is 0 Å². The van der Waals surface area contributed by atoms with Crippen molar-refractivity contribution in [3.05, 3.63) is 245 Å². The van der Waals surface area contributed by atoms with Crippen molar-refractivity contribution in [1.29, 1.82) is 0 Å². The van der Waals surface area contributed by atoms with Crippen LogP contribution in [0.2, 0.25) is 0 Å². The van der Waals surface area contributed by atoms with Crippen LogP contribution in [0.5, 0.6) is 11.5 Å². The Kier molecular flexibility index (Phi) is 8.23. The average Bonchev–Trinajstić information content (AvgIpc) is 3.58. The van der Waals surface area contributed by atoms with Gasteiger partial charge in [-0.1, -0.05) is 174 Å². The van der Waals surface area contributed by atoms with Gasteiger partial charge in [-0.15, -0.1) is 0 Å². The second kappa shape index (κ2) is 13.9. The van der Waals surface area contributed by atoms with Crippen LogP contribution in [-0.2, 0) is 5.41 Å². The Bertz CT molecular complexity index is 2990. The largest absolute Gasteiger partial charge is 0.457 e. The summed E-state index contributed by atoms with van der Waals surface area (Å²) in [5.41, 5.74) is 16.8. The normalized spacial score (nSPS) is 14.5. The summed E-state index contributed by atoms with van der Waals surface area (Å²) in [7, 11) is 0. The third kappa shape index (κ3) is 5.46. The molecule has 1 unspecified atom stereocenters. The van der Waals surface area contributed by atoms with E-state index in [-0.39, 0.29) is 0 Å².